The molecule has 4 heteroatoms. The van der Waals surface area contributed by atoms with Gasteiger partial charge in [-0.2, -0.15) is 11.8 Å². The summed E-state index contributed by atoms with van der Waals surface area (Å²) in [5, 5.41) is 4.02. The maximum absolute atomic E-state index is 5.92. The summed E-state index contributed by atoms with van der Waals surface area (Å²) >= 11 is 2.04. The van der Waals surface area contributed by atoms with Crippen LogP contribution in [0.15, 0.2) is 24.3 Å². The van der Waals surface area contributed by atoms with Gasteiger partial charge in [0.15, 0.2) is 5.79 Å². The van der Waals surface area contributed by atoms with Gasteiger partial charge in [0.05, 0.1) is 13.2 Å². The second-order valence-corrected chi connectivity index (χ2v) is 7.25. The molecule has 1 aliphatic heterocycles. The molecule has 0 aromatic heterocycles. The Bertz CT molecular complexity index is 474. The zero-order valence-corrected chi connectivity index (χ0v) is 13.7. The van der Waals surface area contributed by atoms with Gasteiger partial charge in [0.1, 0.15) is 0 Å². The lowest BCUT2D eigenvalue weighted by atomic mass is 9.89. The van der Waals surface area contributed by atoms with E-state index in [4.69, 9.17) is 9.47 Å². The highest BCUT2D eigenvalue weighted by Crippen LogP contribution is 2.41. The molecule has 2 atom stereocenters. The maximum Gasteiger partial charge on any atom is 0.169 e. The average molecular weight is 307 g/mol. The Balaban J connectivity index is 1.65. The number of hydrogen-bond donors (Lipinski definition) is 1. The lowest BCUT2D eigenvalue weighted by Gasteiger charge is -2.40. The molecule has 21 heavy (non-hydrogen) atoms. The fourth-order valence-corrected chi connectivity index (χ4v) is 4.94. The van der Waals surface area contributed by atoms with Crippen molar-refractivity contribution in [1.29, 1.82) is 0 Å². The molecule has 3 nitrogen and oxygen atoms in total. The van der Waals surface area contributed by atoms with E-state index in [0.717, 1.165) is 38.2 Å². The Labute approximate surface area is 131 Å². The second kappa shape index (κ2) is 6.69. The van der Waals surface area contributed by atoms with Crippen LogP contribution in [0.4, 0.5) is 0 Å². The van der Waals surface area contributed by atoms with E-state index >= 15 is 0 Å². The molecular formula is C17H25NO2S. The topological polar surface area (TPSA) is 30.5 Å². The fraction of sp³-hybridized carbons (Fsp3) is 0.647. The highest BCUT2D eigenvalue weighted by molar-refractivity contribution is 7.99. The molecule has 1 saturated heterocycles. The van der Waals surface area contributed by atoms with Crippen molar-refractivity contribution in [3.05, 3.63) is 35.4 Å². The number of aryl methyl sites for hydroxylation is 1. The molecule has 1 heterocycles. The minimum atomic E-state index is -0.295. The van der Waals surface area contributed by atoms with E-state index in [9.17, 15) is 0 Å². The van der Waals surface area contributed by atoms with E-state index in [1.807, 2.05) is 11.8 Å². The van der Waals surface area contributed by atoms with Gasteiger partial charge in [0.2, 0.25) is 0 Å². The smallest absolute Gasteiger partial charge is 0.169 e. The van der Waals surface area contributed by atoms with Crippen LogP contribution in [0.3, 0.4) is 0 Å². The molecule has 0 bridgehead atoms. The van der Waals surface area contributed by atoms with E-state index in [1.54, 1.807) is 0 Å². The van der Waals surface area contributed by atoms with Crippen LogP contribution in [0.1, 0.15) is 30.4 Å². The first kappa shape index (κ1) is 15.3. The highest BCUT2D eigenvalue weighted by Gasteiger charge is 2.44. The summed E-state index contributed by atoms with van der Waals surface area (Å²) in [6.07, 6.45) is 3.14. The molecule has 2 unspecified atom stereocenters. The van der Waals surface area contributed by atoms with Gasteiger partial charge in [0, 0.05) is 29.9 Å². The number of ether oxygens (including phenoxy) is 2. The molecule has 0 radical (unpaired) electrons. The van der Waals surface area contributed by atoms with Crippen molar-refractivity contribution in [3.8, 4) is 0 Å². The van der Waals surface area contributed by atoms with E-state index < -0.39 is 0 Å². The lowest BCUT2D eigenvalue weighted by molar-refractivity contribution is -0.177. The summed E-state index contributed by atoms with van der Waals surface area (Å²) in [7, 11) is 2.07. The fourth-order valence-electron chi connectivity index (χ4n) is 3.35. The van der Waals surface area contributed by atoms with Crippen molar-refractivity contribution >= 4 is 11.8 Å². The van der Waals surface area contributed by atoms with Crippen molar-refractivity contribution in [2.45, 2.75) is 49.0 Å². The van der Waals surface area contributed by atoms with Gasteiger partial charge in [-0.05, 0) is 31.5 Å². The van der Waals surface area contributed by atoms with Gasteiger partial charge in [-0.3, -0.25) is 0 Å². The van der Waals surface area contributed by atoms with Crippen LogP contribution in [-0.4, -0.2) is 37.3 Å². The van der Waals surface area contributed by atoms with Crippen LogP contribution in [0.25, 0.3) is 0 Å². The zero-order valence-electron chi connectivity index (χ0n) is 12.9. The molecule has 2 fully saturated rings. The molecule has 1 N–H and O–H groups in total. The molecule has 1 aliphatic carbocycles. The van der Waals surface area contributed by atoms with Gasteiger partial charge < -0.3 is 14.8 Å². The highest BCUT2D eigenvalue weighted by atomic mass is 32.2. The quantitative estimate of drug-likeness (QED) is 0.926. The summed E-state index contributed by atoms with van der Waals surface area (Å²) in [5.74, 6) is 0.766. The monoisotopic (exact) mass is 307 g/mol. The average Bonchev–Trinajstić information content (AvgIpc) is 2.95. The largest absolute Gasteiger partial charge is 0.347 e. The molecule has 1 saturated carbocycles. The maximum atomic E-state index is 5.92. The van der Waals surface area contributed by atoms with Gasteiger partial charge in [0.25, 0.3) is 0 Å². The predicted molar refractivity (Wildman–Crippen MR) is 87.6 cm³/mol. The molecule has 1 aromatic carbocycles. The van der Waals surface area contributed by atoms with E-state index in [-0.39, 0.29) is 5.79 Å². The second-order valence-electron chi connectivity index (χ2n) is 6.02. The minimum Gasteiger partial charge on any atom is -0.347 e. The number of benzene rings is 1. The summed E-state index contributed by atoms with van der Waals surface area (Å²) in [6, 6.07) is 9.21. The van der Waals surface area contributed by atoms with Gasteiger partial charge >= 0.3 is 0 Å². The Morgan fingerprint density at radius 3 is 2.76 bits per heavy atom. The van der Waals surface area contributed by atoms with E-state index in [0.29, 0.717) is 11.3 Å². The van der Waals surface area contributed by atoms with Gasteiger partial charge in [-0.25, -0.2) is 0 Å². The first-order chi connectivity index (χ1) is 10.2. The first-order valence-electron chi connectivity index (χ1n) is 7.84. The lowest BCUT2D eigenvalue weighted by Crippen LogP contribution is -2.48. The number of rotatable bonds is 4. The zero-order chi connectivity index (χ0) is 14.7. The summed E-state index contributed by atoms with van der Waals surface area (Å²) < 4.78 is 11.8. The Kier molecular flexibility index (Phi) is 4.89. The van der Waals surface area contributed by atoms with Crippen molar-refractivity contribution in [2.75, 3.05) is 20.3 Å². The number of hydrogen-bond acceptors (Lipinski definition) is 4. The molecule has 0 amide bonds. The molecule has 3 rings (SSSR count). The Morgan fingerprint density at radius 1 is 1.29 bits per heavy atom. The molecule has 1 aromatic rings. The van der Waals surface area contributed by atoms with Crippen molar-refractivity contribution in [1.82, 2.24) is 5.32 Å². The van der Waals surface area contributed by atoms with Gasteiger partial charge in [-0.1, -0.05) is 24.3 Å². The van der Waals surface area contributed by atoms with E-state index in [2.05, 4.69) is 43.6 Å². The summed E-state index contributed by atoms with van der Waals surface area (Å²) in [6.45, 7) is 3.69. The van der Waals surface area contributed by atoms with Crippen LogP contribution in [0.2, 0.25) is 0 Å². The predicted octanol–water partition coefficient (Wildman–Crippen LogP) is 3.11. The van der Waals surface area contributed by atoms with Crippen LogP contribution in [0.5, 0.6) is 0 Å². The Morgan fingerprint density at radius 2 is 2.05 bits per heavy atom. The minimum absolute atomic E-state index is 0.295. The third-order valence-corrected chi connectivity index (χ3v) is 6.10. The third kappa shape index (κ3) is 3.45. The molecule has 2 aliphatic rings. The SMILES string of the molecule is CNC1CCC2(CC1SCc1ccccc1C)OCCO2. The standard InChI is InChI=1S/C17H25NO2S/c1-13-5-3-4-6-14(13)12-21-16-11-17(19-9-10-20-17)8-7-15(16)18-2/h3-6,15-16,18H,7-12H2,1-2H3. The van der Waals surface area contributed by atoms with Gasteiger partial charge in [-0.15, -0.1) is 0 Å². The Hall–Kier alpha value is -0.550. The van der Waals surface area contributed by atoms with Crippen LogP contribution in [0, 0.1) is 6.92 Å². The summed E-state index contributed by atoms with van der Waals surface area (Å²) in [4.78, 5) is 0. The first-order valence-corrected chi connectivity index (χ1v) is 8.89. The van der Waals surface area contributed by atoms with Crippen molar-refractivity contribution in [2.24, 2.45) is 0 Å². The molecule has 116 valence electrons. The van der Waals surface area contributed by atoms with Crippen molar-refractivity contribution in [3.63, 3.8) is 0 Å². The normalized spacial score (nSPS) is 28.1. The van der Waals surface area contributed by atoms with Crippen LogP contribution < -0.4 is 5.32 Å². The third-order valence-electron chi connectivity index (χ3n) is 4.70. The number of nitrogens with one attached hydrogen (secondary N) is 1. The number of thioether (sulfide) groups is 1. The molecular weight excluding hydrogens is 282 g/mol. The van der Waals surface area contributed by atoms with Crippen LogP contribution in [-0.2, 0) is 15.2 Å². The molecule has 1 spiro atoms. The summed E-state index contributed by atoms with van der Waals surface area (Å²) in [5.41, 5.74) is 2.81. The van der Waals surface area contributed by atoms with Crippen molar-refractivity contribution < 1.29 is 9.47 Å². The van der Waals surface area contributed by atoms with E-state index in [1.165, 1.54) is 11.1 Å². The van der Waals surface area contributed by atoms with Crippen LogP contribution >= 0.6 is 11.8 Å².